The van der Waals surface area contributed by atoms with Crippen molar-refractivity contribution in [2.24, 2.45) is 0 Å². The smallest absolute Gasteiger partial charge is 0.406 e. The lowest BCUT2D eigenvalue weighted by Crippen LogP contribution is -2.30. The molecule has 1 heterocycles. The molecule has 23 heavy (non-hydrogen) atoms. The van der Waals surface area contributed by atoms with Crippen LogP contribution in [0, 0.1) is 0 Å². The zero-order valence-electron chi connectivity index (χ0n) is 11.7. The summed E-state index contributed by atoms with van der Waals surface area (Å²) in [6.45, 7) is 0.209. The van der Waals surface area contributed by atoms with Gasteiger partial charge >= 0.3 is 6.36 Å². The molecule has 0 bridgehead atoms. The predicted octanol–water partition coefficient (Wildman–Crippen LogP) is 3.19. The van der Waals surface area contributed by atoms with Gasteiger partial charge in [0.25, 0.3) is 0 Å². The first kappa shape index (κ1) is 15.8. The van der Waals surface area contributed by atoms with Crippen LogP contribution >= 0.6 is 0 Å². The number of hydrogen-bond acceptors (Lipinski definition) is 3. The number of rotatable bonds is 2. The maximum absolute atomic E-state index is 12.2. The molecule has 0 radical (unpaired) electrons. The summed E-state index contributed by atoms with van der Waals surface area (Å²) in [6, 6.07) is 10.7. The number of benzene rings is 2. The van der Waals surface area contributed by atoms with Crippen LogP contribution in [0.1, 0.15) is 11.1 Å². The molecule has 122 valence electrons. The lowest BCUT2D eigenvalue weighted by atomic mass is 9.96. The van der Waals surface area contributed by atoms with Crippen molar-refractivity contribution in [3.8, 4) is 16.9 Å². The Morgan fingerprint density at radius 2 is 1.74 bits per heavy atom. The van der Waals surface area contributed by atoms with Crippen molar-refractivity contribution < 1.29 is 26.3 Å². The summed E-state index contributed by atoms with van der Waals surface area (Å²) in [5.74, 6) is -0.473. The fourth-order valence-corrected chi connectivity index (χ4v) is 3.70. The first-order valence-corrected chi connectivity index (χ1v) is 8.33. The Bertz CT molecular complexity index is 830. The third-order valence-electron chi connectivity index (χ3n) is 3.49. The van der Waals surface area contributed by atoms with Gasteiger partial charge in [0.15, 0.2) is 0 Å². The van der Waals surface area contributed by atoms with E-state index in [1.54, 1.807) is 12.1 Å². The number of fused-ring (bicyclic) bond motifs is 1. The molecule has 0 spiro atoms. The van der Waals surface area contributed by atoms with Gasteiger partial charge in [0.2, 0.25) is 10.0 Å². The summed E-state index contributed by atoms with van der Waals surface area (Å²) in [6.07, 6.45) is -4.74. The van der Waals surface area contributed by atoms with Gasteiger partial charge in [-0.15, -0.1) is 13.2 Å². The zero-order chi connectivity index (χ0) is 16.7. The molecule has 1 aliphatic rings. The van der Waals surface area contributed by atoms with E-state index in [0.717, 1.165) is 5.56 Å². The normalized spacial score (nSPS) is 16.7. The van der Waals surface area contributed by atoms with Crippen LogP contribution < -0.4 is 9.46 Å². The largest absolute Gasteiger partial charge is 0.573 e. The van der Waals surface area contributed by atoms with Crippen molar-refractivity contribution in [2.75, 3.05) is 0 Å². The van der Waals surface area contributed by atoms with Crippen molar-refractivity contribution in [1.82, 2.24) is 4.72 Å². The second kappa shape index (κ2) is 5.54. The van der Waals surface area contributed by atoms with Crippen LogP contribution in [-0.4, -0.2) is 14.8 Å². The predicted molar refractivity (Wildman–Crippen MR) is 78.0 cm³/mol. The summed E-state index contributed by atoms with van der Waals surface area (Å²) >= 11 is 0. The summed E-state index contributed by atoms with van der Waals surface area (Å²) in [4.78, 5) is 0. The fourth-order valence-electron chi connectivity index (χ4n) is 2.51. The average molecular weight is 343 g/mol. The Balaban J connectivity index is 1.97. The van der Waals surface area contributed by atoms with E-state index in [1.807, 2.05) is 6.07 Å². The number of hydrogen-bond donors (Lipinski definition) is 1. The van der Waals surface area contributed by atoms with E-state index in [9.17, 15) is 21.6 Å². The number of sulfonamides is 1. The summed E-state index contributed by atoms with van der Waals surface area (Å²) in [5, 5.41) is 0. The standard InChI is InChI=1S/C15H12F3NO3S/c16-15(17,18)22-12-6-4-10(5-7-12)13-3-1-2-11-8-19-23(20,21)9-14(11)13/h1-7,19H,8-9H2. The van der Waals surface area contributed by atoms with E-state index in [2.05, 4.69) is 9.46 Å². The average Bonchev–Trinajstić information content (AvgIpc) is 2.45. The van der Waals surface area contributed by atoms with E-state index >= 15 is 0 Å². The van der Waals surface area contributed by atoms with E-state index in [4.69, 9.17) is 0 Å². The molecule has 0 fully saturated rings. The second-order valence-corrected chi connectivity index (χ2v) is 6.90. The second-order valence-electron chi connectivity index (χ2n) is 5.10. The Morgan fingerprint density at radius 1 is 1.04 bits per heavy atom. The van der Waals surface area contributed by atoms with E-state index in [0.29, 0.717) is 16.7 Å². The van der Waals surface area contributed by atoms with Crippen LogP contribution in [0.2, 0.25) is 0 Å². The lowest BCUT2D eigenvalue weighted by Gasteiger charge is -2.20. The van der Waals surface area contributed by atoms with Gasteiger partial charge in [-0.05, 0) is 34.4 Å². The molecule has 2 aromatic carbocycles. The molecule has 2 aromatic rings. The molecule has 1 N–H and O–H groups in total. The lowest BCUT2D eigenvalue weighted by molar-refractivity contribution is -0.274. The summed E-state index contributed by atoms with van der Waals surface area (Å²) in [5.41, 5.74) is 2.84. The fraction of sp³-hybridized carbons (Fsp3) is 0.200. The van der Waals surface area contributed by atoms with Crippen LogP contribution in [0.3, 0.4) is 0 Å². The van der Waals surface area contributed by atoms with Crippen LogP contribution in [0.15, 0.2) is 42.5 Å². The molecule has 0 amide bonds. The first-order valence-electron chi connectivity index (χ1n) is 6.68. The molecule has 3 rings (SSSR count). The molecule has 0 aliphatic carbocycles. The van der Waals surface area contributed by atoms with Gasteiger partial charge < -0.3 is 4.74 Å². The van der Waals surface area contributed by atoms with E-state index in [1.165, 1.54) is 24.3 Å². The number of ether oxygens (including phenoxy) is 1. The van der Waals surface area contributed by atoms with Crippen LogP contribution in [-0.2, 0) is 22.3 Å². The quantitative estimate of drug-likeness (QED) is 0.911. The minimum atomic E-state index is -4.74. The van der Waals surface area contributed by atoms with Crippen molar-refractivity contribution >= 4 is 10.0 Å². The van der Waals surface area contributed by atoms with Gasteiger partial charge in [0, 0.05) is 6.54 Å². The Morgan fingerprint density at radius 3 is 2.39 bits per heavy atom. The molecule has 0 saturated carbocycles. The third-order valence-corrected chi connectivity index (χ3v) is 4.74. The van der Waals surface area contributed by atoms with Gasteiger partial charge in [0.05, 0.1) is 5.75 Å². The summed E-state index contributed by atoms with van der Waals surface area (Å²) in [7, 11) is -3.38. The molecule has 0 aromatic heterocycles. The Labute approximate surface area is 130 Å². The maximum atomic E-state index is 12.2. The minimum absolute atomic E-state index is 0.153. The Hall–Kier alpha value is -2.06. The third kappa shape index (κ3) is 3.65. The molecule has 0 unspecified atom stereocenters. The maximum Gasteiger partial charge on any atom is 0.573 e. The van der Waals surface area contributed by atoms with E-state index in [-0.39, 0.29) is 18.0 Å². The molecule has 4 nitrogen and oxygen atoms in total. The molecular formula is C15H12F3NO3S. The first-order chi connectivity index (χ1) is 10.7. The molecular weight excluding hydrogens is 331 g/mol. The Kier molecular flexibility index (Phi) is 3.81. The molecule has 0 saturated heterocycles. The van der Waals surface area contributed by atoms with Gasteiger partial charge in [-0.2, -0.15) is 0 Å². The van der Waals surface area contributed by atoms with E-state index < -0.39 is 16.4 Å². The molecule has 1 aliphatic heterocycles. The number of alkyl halides is 3. The van der Waals surface area contributed by atoms with Crippen LogP contribution in [0.5, 0.6) is 5.75 Å². The van der Waals surface area contributed by atoms with Crippen LogP contribution in [0.25, 0.3) is 11.1 Å². The monoisotopic (exact) mass is 343 g/mol. The highest BCUT2D eigenvalue weighted by molar-refractivity contribution is 7.88. The number of halogens is 3. The van der Waals surface area contributed by atoms with Gasteiger partial charge in [-0.25, -0.2) is 13.1 Å². The van der Waals surface area contributed by atoms with Gasteiger partial charge in [-0.1, -0.05) is 30.3 Å². The summed E-state index contributed by atoms with van der Waals surface area (Å²) < 4.78 is 66.3. The van der Waals surface area contributed by atoms with Gasteiger partial charge in [0.1, 0.15) is 5.75 Å². The van der Waals surface area contributed by atoms with Crippen molar-refractivity contribution in [3.63, 3.8) is 0 Å². The highest BCUT2D eigenvalue weighted by Crippen LogP contribution is 2.32. The number of nitrogens with one attached hydrogen (secondary N) is 1. The molecule has 8 heteroatoms. The van der Waals surface area contributed by atoms with Crippen molar-refractivity contribution in [3.05, 3.63) is 53.6 Å². The van der Waals surface area contributed by atoms with Crippen molar-refractivity contribution in [2.45, 2.75) is 18.7 Å². The van der Waals surface area contributed by atoms with Crippen LogP contribution in [0.4, 0.5) is 13.2 Å². The van der Waals surface area contributed by atoms with Gasteiger partial charge in [-0.3, -0.25) is 0 Å². The topological polar surface area (TPSA) is 55.4 Å². The highest BCUT2D eigenvalue weighted by Gasteiger charge is 2.31. The minimum Gasteiger partial charge on any atom is -0.406 e. The van der Waals surface area contributed by atoms with Crippen molar-refractivity contribution in [1.29, 1.82) is 0 Å². The zero-order valence-corrected chi connectivity index (χ0v) is 12.5. The SMILES string of the molecule is O=S1(=O)Cc2c(cccc2-c2ccc(OC(F)(F)F)cc2)CN1. The highest BCUT2D eigenvalue weighted by atomic mass is 32.2. The molecule has 0 atom stereocenters.